The molecule has 3 rings (SSSR count). The van der Waals surface area contributed by atoms with Crippen molar-refractivity contribution >= 4 is 24.1 Å². The van der Waals surface area contributed by atoms with E-state index in [9.17, 15) is 9.18 Å². The number of nitrogens with zero attached hydrogens (tertiary/aromatic N) is 2. The van der Waals surface area contributed by atoms with Gasteiger partial charge in [-0.25, -0.2) is 14.4 Å². The summed E-state index contributed by atoms with van der Waals surface area (Å²) in [6.07, 6.45) is 3.83. The number of piperidine rings is 1. The highest BCUT2D eigenvalue weighted by Crippen LogP contribution is 2.30. The summed E-state index contributed by atoms with van der Waals surface area (Å²) in [5.74, 6) is 0.849. The molecule has 1 amide bonds. The molecule has 2 aromatic rings. The smallest absolute Gasteiger partial charge is 0.225 e. The number of anilines is 1. The Kier molecular flexibility index (Phi) is 7.29. The van der Waals surface area contributed by atoms with Gasteiger partial charge in [-0.2, -0.15) is 0 Å². The monoisotopic (exact) mass is 380 g/mol. The van der Waals surface area contributed by atoms with E-state index < -0.39 is 0 Å². The van der Waals surface area contributed by atoms with Gasteiger partial charge in [-0.3, -0.25) is 4.79 Å². The molecule has 0 spiro atoms. The van der Waals surface area contributed by atoms with Crippen LogP contribution >= 0.6 is 12.4 Å². The van der Waals surface area contributed by atoms with Crippen LogP contribution in [0.3, 0.4) is 0 Å². The third kappa shape index (κ3) is 5.12. The molecule has 1 aliphatic rings. The number of carbonyl (C=O) groups excluding carboxylic acids is 1. The van der Waals surface area contributed by atoms with E-state index >= 15 is 0 Å². The minimum absolute atomic E-state index is 0. The molecule has 1 saturated heterocycles. The minimum atomic E-state index is -0.383. The van der Waals surface area contributed by atoms with Crippen molar-refractivity contribution in [1.29, 1.82) is 0 Å². The lowest BCUT2D eigenvalue weighted by Gasteiger charge is -2.21. The van der Waals surface area contributed by atoms with Gasteiger partial charge in [-0.1, -0.05) is 0 Å². The number of aromatic nitrogens is 2. The number of hydrogen-bond donors (Lipinski definition) is 2. The second-order valence-corrected chi connectivity index (χ2v) is 6.08. The third-order valence-electron chi connectivity index (χ3n) is 4.30. The summed E-state index contributed by atoms with van der Waals surface area (Å²) < 4.78 is 18.8. The predicted octanol–water partition coefficient (Wildman–Crippen LogP) is 3.04. The maximum absolute atomic E-state index is 13.6. The molecular formula is C18H22ClFN4O2. The summed E-state index contributed by atoms with van der Waals surface area (Å²) in [7, 11) is 1.51. The second kappa shape index (κ2) is 9.45. The Labute approximate surface area is 158 Å². The van der Waals surface area contributed by atoms with E-state index in [0.717, 1.165) is 25.9 Å². The van der Waals surface area contributed by atoms with Crippen LogP contribution in [-0.4, -0.2) is 36.1 Å². The predicted molar refractivity (Wildman–Crippen MR) is 100 cm³/mol. The van der Waals surface area contributed by atoms with E-state index in [1.165, 1.54) is 25.6 Å². The van der Waals surface area contributed by atoms with Crippen molar-refractivity contribution in [2.24, 2.45) is 5.92 Å². The van der Waals surface area contributed by atoms with E-state index in [4.69, 9.17) is 4.74 Å². The van der Waals surface area contributed by atoms with Gasteiger partial charge < -0.3 is 15.4 Å². The van der Waals surface area contributed by atoms with Crippen LogP contribution in [0.1, 0.15) is 19.3 Å². The van der Waals surface area contributed by atoms with Crippen molar-refractivity contribution < 1.29 is 13.9 Å². The van der Waals surface area contributed by atoms with E-state index in [1.807, 2.05) is 0 Å². The zero-order chi connectivity index (χ0) is 17.6. The molecule has 0 bridgehead atoms. The lowest BCUT2D eigenvalue weighted by molar-refractivity contribution is -0.117. The molecule has 6 nitrogen and oxygen atoms in total. The fourth-order valence-electron chi connectivity index (χ4n) is 3.00. The van der Waals surface area contributed by atoms with Gasteiger partial charge in [0, 0.05) is 18.1 Å². The average molecular weight is 381 g/mol. The van der Waals surface area contributed by atoms with Crippen LogP contribution in [0, 0.1) is 11.7 Å². The van der Waals surface area contributed by atoms with Crippen molar-refractivity contribution in [2.75, 3.05) is 25.5 Å². The summed E-state index contributed by atoms with van der Waals surface area (Å²) in [5, 5.41) is 6.09. The average Bonchev–Trinajstić information content (AvgIpc) is 2.62. The maximum Gasteiger partial charge on any atom is 0.225 e. The molecule has 2 heterocycles. The van der Waals surface area contributed by atoms with Crippen LogP contribution in [0.25, 0.3) is 11.3 Å². The molecule has 2 N–H and O–H groups in total. The van der Waals surface area contributed by atoms with Crippen molar-refractivity contribution in [1.82, 2.24) is 15.3 Å². The molecule has 8 heteroatoms. The first-order valence-electron chi connectivity index (χ1n) is 8.32. The number of hydrogen-bond acceptors (Lipinski definition) is 5. The van der Waals surface area contributed by atoms with Crippen LogP contribution in [-0.2, 0) is 4.79 Å². The molecular weight excluding hydrogens is 359 g/mol. The van der Waals surface area contributed by atoms with Crippen molar-refractivity contribution in [2.45, 2.75) is 19.3 Å². The Morgan fingerprint density at radius 2 is 2.08 bits per heavy atom. The number of rotatable bonds is 5. The van der Waals surface area contributed by atoms with Gasteiger partial charge in [-0.05, 0) is 50.0 Å². The SMILES string of the molecule is COc1ccc(F)cc1-c1cc(NC(=O)CC2CCNCC2)ncn1.Cl. The summed E-state index contributed by atoms with van der Waals surface area (Å²) in [5.41, 5.74) is 1.00. The summed E-state index contributed by atoms with van der Waals surface area (Å²) in [6, 6.07) is 5.84. The Morgan fingerprint density at radius 3 is 2.81 bits per heavy atom. The van der Waals surface area contributed by atoms with Gasteiger partial charge in [0.25, 0.3) is 0 Å². The fourth-order valence-corrected chi connectivity index (χ4v) is 3.00. The number of methoxy groups -OCH3 is 1. The first-order chi connectivity index (χ1) is 12.2. The molecule has 0 unspecified atom stereocenters. The zero-order valence-electron chi connectivity index (χ0n) is 14.5. The van der Waals surface area contributed by atoms with Gasteiger partial charge in [0.05, 0.1) is 12.8 Å². The van der Waals surface area contributed by atoms with Gasteiger partial charge >= 0.3 is 0 Å². The number of amides is 1. The van der Waals surface area contributed by atoms with Crippen LogP contribution in [0.2, 0.25) is 0 Å². The maximum atomic E-state index is 13.6. The number of halogens is 2. The molecule has 1 aromatic heterocycles. The highest BCUT2D eigenvalue weighted by Gasteiger charge is 2.17. The van der Waals surface area contributed by atoms with Crippen molar-refractivity contribution in [3.63, 3.8) is 0 Å². The van der Waals surface area contributed by atoms with Crippen LogP contribution in [0.4, 0.5) is 10.2 Å². The Hall–Kier alpha value is -2.25. The van der Waals surface area contributed by atoms with Gasteiger partial charge in [0.1, 0.15) is 23.7 Å². The first kappa shape index (κ1) is 20.1. The van der Waals surface area contributed by atoms with Crippen LogP contribution in [0.5, 0.6) is 5.75 Å². The number of ether oxygens (including phenoxy) is 1. The standard InChI is InChI=1S/C18H21FN4O2.ClH/c1-25-16-3-2-13(19)9-14(16)15-10-17(22-11-21-15)23-18(24)8-12-4-6-20-7-5-12;/h2-3,9-12,20H,4-8H2,1H3,(H,21,22,23,24);1H. The van der Waals surface area contributed by atoms with Crippen molar-refractivity contribution in [3.8, 4) is 17.0 Å². The molecule has 1 fully saturated rings. The lowest BCUT2D eigenvalue weighted by atomic mass is 9.94. The minimum Gasteiger partial charge on any atom is -0.496 e. The van der Waals surface area contributed by atoms with E-state index in [2.05, 4.69) is 20.6 Å². The summed E-state index contributed by atoms with van der Waals surface area (Å²) in [4.78, 5) is 20.5. The third-order valence-corrected chi connectivity index (χ3v) is 4.30. The van der Waals surface area contributed by atoms with Gasteiger partial charge in [0.2, 0.25) is 5.91 Å². The first-order valence-corrected chi connectivity index (χ1v) is 8.32. The second-order valence-electron chi connectivity index (χ2n) is 6.08. The van der Waals surface area contributed by atoms with E-state index in [-0.39, 0.29) is 24.1 Å². The quantitative estimate of drug-likeness (QED) is 0.833. The molecule has 0 atom stereocenters. The molecule has 1 aromatic carbocycles. The number of nitrogens with one attached hydrogen (secondary N) is 2. The van der Waals surface area contributed by atoms with E-state index in [1.54, 1.807) is 12.1 Å². The largest absolute Gasteiger partial charge is 0.496 e. The normalized spacial score (nSPS) is 14.4. The molecule has 140 valence electrons. The number of carbonyl (C=O) groups is 1. The Morgan fingerprint density at radius 1 is 1.31 bits per heavy atom. The van der Waals surface area contributed by atoms with Gasteiger partial charge in [-0.15, -0.1) is 12.4 Å². The zero-order valence-corrected chi connectivity index (χ0v) is 15.3. The highest BCUT2D eigenvalue weighted by atomic mass is 35.5. The molecule has 1 aliphatic heterocycles. The van der Waals surface area contributed by atoms with Crippen molar-refractivity contribution in [3.05, 3.63) is 36.4 Å². The topological polar surface area (TPSA) is 76.1 Å². The van der Waals surface area contributed by atoms with Gasteiger partial charge in [0.15, 0.2) is 0 Å². The van der Waals surface area contributed by atoms with Crippen LogP contribution < -0.4 is 15.4 Å². The summed E-state index contributed by atoms with van der Waals surface area (Å²) >= 11 is 0. The molecule has 0 saturated carbocycles. The summed E-state index contributed by atoms with van der Waals surface area (Å²) in [6.45, 7) is 1.91. The van der Waals surface area contributed by atoms with Crippen LogP contribution in [0.15, 0.2) is 30.6 Å². The van der Waals surface area contributed by atoms with E-state index in [0.29, 0.717) is 35.2 Å². The highest BCUT2D eigenvalue weighted by molar-refractivity contribution is 5.90. The lowest BCUT2D eigenvalue weighted by Crippen LogP contribution is -2.30. The molecule has 26 heavy (non-hydrogen) atoms. The Balaban J connectivity index is 0.00000243. The molecule has 0 aliphatic carbocycles. The fraction of sp³-hybridized carbons (Fsp3) is 0.389. The Bertz CT molecular complexity index is 754. The number of benzene rings is 1. The molecule has 0 radical (unpaired) electrons.